The lowest BCUT2D eigenvalue weighted by atomic mass is 9.85. The maximum absolute atomic E-state index is 6.06. The quantitative estimate of drug-likeness (QED) is 0.737. The summed E-state index contributed by atoms with van der Waals surface area (Å²) in [5.41, 5.74) is 6.20. The Balaban J connectivity index is 1.77. The van der Waals surface area contributed by atoms with Crippen molar-refractivity contribution in [3.8, 4) is 0 Å². The van der Waals surface area contributed by atoms with Crippen molar-refractivity contribution in [1.29, 1.82) is 0 Å². The third-order valence-corrected chi connectivity index (χ3v) is 4.11. The smallest absolute Gasteiger partial charge is 0.0624 e. The summed E-state index contributed by atoms with van der Waals surface area (Å²) in [7, 11) is 0. The van der Waals surface area contributed by atoms with Gasteiger partial charge in [0.25, 0.3) is 0 Å². The molecule has 0 aromatic carbocycles. The predicted molar refractivity (Wildman–Crippen MR) is 61.7 cm³/mol. The van der Waals surface area contributed by atoms with E-state index in [9.17, 15) is 0 Å². The molecule has 3 N–H and O–H groups in total. The van der Waals surface area contributed by atoms with Crippen molar-refractivity contribution in [2.45, 2.75) is 45.2 Å². The first-order chi connectivity index (χ1) is 7.10. The summed E-state index contributed by atoms with van der Waals surface area (Å²) in [6.45, 7) is 7.11. The van der Waals surface area contributed by atoms with E-state index in [2.05, 4.69) is 19.2 Å². The Labute approximate surface area is 92.7 Å². The van der Waals surface area contributed by atoms with Gasteiger partial charge in [0.05, 0.1) is 13.2 Å². The highest BCUT2D eigenvalue weighted by Gasteiger charge is 2.38. The van der Waals surface area contributed by atoms with Gasteiger partial charge in [-0.2, -0.15) is 0 Å². The van der Waals surface area contributed by atoms with Crippen LogP contribution in [0.1, 0.15) is 33.1 Å². The highest BCUT2D eigenvalue weighted by molar-refractivity contribution is 4.93. The van der Waals surface area contributed by atoms with Gasteiger partial charge in [-0.25, -0.2) is 0 Å². The van der Waals surface area contributed by atoms with Gasteiger partial charge >= 0.3 is 0 Å². The van der Waals surface area contributed by atoms with Crippen molar-refractivity contribution in [3.05, 3.63) is 0 Å². The van der Waals surface area contributed by atoms with Gasteiger partial charge in [0.2, 0.25) is 0 Å². The zero-order valence-electron chi connectivity index (χ0n) is 9.96. The zero-order valence-corrected chi connectivity index (χ0v) is 9.96. The van der Waals surface area contributed by atoms with Crippen LogP contribution in [0.15, 0.2) is 0 Å². The summed E-state index contributed by atoms with van der Waals surface area (Å²) in [6, 6.07) is 0.911. The standard InChI is InChI=1S/C12H24N2O/c1-9-3-4-10(5-9)14-7-12(2)8-15-6-11(12)13/h9-11,14H,3-8,13H2,1-2H3. The highest BCUT2D eigenvalue weighted by atomic mass is 16.5. The average molecular weight is 212 g/mol. The van der Waals surface area contributed by atoms with E-state index in [1.54, 1.807) is 0 Å². The van der Waals surface area contributed by atoms with Crippen LogP contribution in [0.2, 0.25) is 0 Å². The van der Waals surface area contributed by atoms with Gasteiger partial charge in [0.15, 0.2) is 0 Å². The SMILES string of the molecule is CC1CCC(NCC2(C)COCC2N)C1. The Morgan fingerprint density at radius 2 is 2.27 bits per heavy atom. The second-order valence-corrected chi connectivity index (χ2v) is 5.77. The van der Waals surface area contributed by atoms with Crippen molar-refractivity contribution in [2.24, 2.45) is 17.1 Å². The summed E-state index contributed by atoms with van der Waals surface area (Å²) >= 11 is 0. The fraction of sp³-hybridized carbons (Fsp3) is 1.00. The highest BCUT2D eigenvalue weighted by Crippen LogP contribution is 2.29. The molecule has 0 amide bonds. The van der Waals surface area contributed by atoms with E-state index in [4.69, 9.17) is 10.5 Å². The topological polar surface area (TPSA) is 47.3 Å². The number of rotatable bonds is 3. The van der Waals surface area contributed by atoms with Crippen LogP contribution < -0.4 is 11.1 Å². The predicted octanol–water partition coefficient (Wildman–Crippen LogP) is 1.13. The Hall–Kier alpha value is -0.120. The molecule has 88 valence electrons. The summed E-state index contributed by atoms with van der Waals surface area (Å²) in [4.78, 5) is 0. The molecule has 4 unspecified atom stereocenters. The number of nitrogens with one attached hydrogen (secondary N) is 1. The maximum Gasteiger partial charge on any atom is 0.0624 e. The van der Waals surface area contributed by atoms with Crippen LogP contribution in [0.5, 0.6) is 0 Å². The molecule has 0 radical (unpaired) electrons. The molecule has 2 aliphatic rings. The molecule has 2 fully saturated rings. The lowest BCUT2D eigenvalue weighted by molar-refractivity contribution is 0.156. The third-order valence-electron chi connectivity index (χ3n) is 4.11. The minimum Gasteiger partial charge on any atom is -0.379 e. The van der Waals surface area contributed by atoms with Crippen LogP contribution in [0, 0.1) is 11.3 Å². The van der Waals surface area contributed by atoms with E-state index >= 15 is 0 Å². The number of ether oxygens (including phenoxy) is 1. The minimum absolute atomic E-state index is 0.145. The molecule has 0 aromatic heterocycles. The molecule has 1 saturated carbocycles. The Morgan fingerprint density at radius 1 is 1.47 bits per heavy atom. The fourth-order valence-corrected chi connectivity index (χ4v) is 2.68. The summed E-state index contributed by atoms with van der Waals surface area (Å²) in [5.74, 6) is 0.892. The van der Waals surface area contributed by atoms with E-state index in [1.165, 1.54) is 19.3 Å². The fourth-order valence-electron chi connectivity index (χ4n) is 2.68. The molecule has 1 heterocycles. The first kappa shape index (κ1) is 11.4. The first-order valence-corrected chi connectivity index (χ1v) is 6.17. The molecular weight excluding hydrogens is 188 g/mol. The van der Waals surface area contributed by atoms with Crippen molar-refractivity contribution in [1.82, 2.24) is 5.32 Å². The Bertz CT molecular complexity index is 222. The van der Waals surface area contributed by atoms with E-state index in [1.807, 2.05) is 0 Å². The van der Waals surface area contributed by atoms with Gasteiger partial charge in [-0.05, 0) is 25.2 Å². The lowest BCUT2D eigenvalue weighted by Crippen LogP contribution is -2.47. The van der Waals surface area contributed by atoms with Gasteiger partial charge in [0.1, 0.15) is 0 Å². The summed E-state index contributed by atoms with van der Waals surface area (Å²) in [6.07, 6.45) is 4.02. The maximum atomic E-state index is 6.06. The molecule has 1 aliphatic heterocycles. The number of nitrogens with two attached hydrogens (primary N) is 1. The van der Waals surface area contributed by atoms with Crippen LogP contribution in [-0.4, -0.2) is 31.8 Å². The monoisotopic (exact) mass is 212 g/mol. The van der Waals surface area contributed by atoms with E-state index in [0.29, 0.717) is 6.04 Å². The third kappa shape index (κ3) is 2.52. The molecule has 2 rings (SSSR count). The van der Waals surface area contributed by atoms with Crippen LogP contribution >= 0.6 is 0 Å². The van der Waals surface area contributed by atoms with Gasteiger partial charge in [-0.15, -0.1) is 0 Å². The molecule has 4 atom stereocenters. The molecule has 1 saturated heterocycles. The molecule has 1 aliphatic carbocycles. The van der Waals surface area contributed by atoms with Gasteiger partial charge in [-0.3, -0.25) is 0 Å². The van der Waals surface area contributed by atoms with Crippen LogP contribution in [0.4, 0.5) is 0 Å². The van der Waals surface area contributed by atoms with Gasteiger partial charge in [0, 0.05) is 24.0 Å². The zero-order chi connectivity index (χ0) is 10.9. The van der Waals surface area contributed by atoms with E-state index < -0.39 is 0 Å². The number of hydrogen-bond donors (Lipinski definition) is 2. The lowest BCUT2D eigenvalue weighted by Gasteiger charge is -2.29. The molecule has 0 aromatic rings. The second kappa shape index (κ2) is 4.40. The van der Waals surface area contributed by atoms with Crippen molar-refractivity contribution >= 4 is 0 Å². The van der Waals surface area contributed by atoms with Gasteiger partial charge < -0.3 is 15.8 Å². The average Bonchev–Trinajstić information content (AvgIpc) is 2.73. The van der Waals surface area contributed by atoms with Gasteiger partial charge in [-0.1, -0.05) is 13.8 Å². The van der Waals surface area contributed by atoms with Crippen molar-refractivity contribution < 1.29 is 4.74 Å². The van der Waals surface area contributed by atoms with Crippen LogP contribution in [-0.2, 0) is 4.74 Å². The van der Waals surface area contributed by atoms with E-state index in [-0.39, 0.29) is 11.5 Å². The largest absolute Gasteiger partial charge is 0.379 e. The first-order valence-electron chi connectivity index (χ1n) is 6.17. The molecule has 3 heteroatoms. The second-order valence-electron chi connectivity index (χ2n) is 5.77. The molecule has 0 bridgehead atoms. The number of hydrogen-bond acceptors (Lipinski definition) is 3. The van der Waals surface area contributed by atoms with Crippen LogP contribution in [0.25, 0.3) is 0 Å². The molecule has 0 spiro atoms. The normalized spacial score (nSPS) is 46.2. The van der Waals surface area contributed by atoms with Crippen LogP contribution in [0.3, 0.4) is 0 Å². The molecule has 3 nitrogen and oxygen atoms in total. The molecular formula is C12H24N2O. The summed E-state index contributed by atoms with van der Waals surface area (Å²) in [5, 5.41) is 3.66. The summed E-state index contributed by atoms with van der Waals surface area (Å²) < 4.78 is 5.44. The Kier molecular flexibility index (Phi) is 3.33. The Morgan fingerprint density at radius 3 is 2.80 bits per heavy atom. The molecule has 15 heavy (non-hydrogen) atoms. The van der Waals surface area contributed by atoms with Crippen molar-refractivity contribution in [2.75, 3.05) is 19.8 Å². The van der Waals surface area contributed by atoms with Crippen molar-refractivity contribution in [3.63, 3.8) is 0 Å². The van der Waals surface area contributed by atoms with E-state index in [0.717, 1.165) is 25.7 Å². The minimum atomic E-state index is 0.145.